The fourth-order valence-electron chi connectivity index (χ4n) is 1.54. The fraction of sp³-hybridized carbons (Fsp3) is 0.538. The minimum Gasteiger partial charge on any atom is -0.467 e. The second-order valence-corrected chi connectivity index (χ2v) is 4.38. The van der Waals surface area contributed by atoms with Gasteiger partial charge in [-0.2, -0.15) is 5.10 Å². The number of hydrogen-bond donors (Lipinski definition) is 2. The van der Waals surface area contributed by atoms with Gasteiger partial charge in [-0.3, -0.25) is 9.59 Å². The molecule has 0 aliphatic heterocycles. The molecule has 0 radical (unpaired) electrons. The van der Waals surface area contributed by atoms with Crippen LogP contribution in [0.2, 0.25) is 0 Å². The Morgan fingerprint density at radius 3 is 2.81 bits per heavy atom. The fourth-order valence-corrected chi connectivity index (χ4v) is 1.54. The molecule has 0 fully saturated rings. The first kappa shape index (κ1) is 16.8. The summed E-state index contributed by atoms with van der Waals surface area (Å²) in [6.07, 6.45) is 0.236. The number of nitrogens with zero attached hydrogens (tertiary/aromatic N) is 2. The van der Waals surface area contributed by atoms with E-state index in [1.54, 1.807) is 0 Å². The number of nitrogens with one attached hydrogen (secondary N) is 1. The molecule has 8 nitrogen and oxygen atoms in total. The zero-order chi connectivity index (χ0) is 15.8. The molecule has 1 heterocycles. The van der Waals surface area contributed by atoms with Crippen LogP contribution in [-0.4, -0.2) is 46.5 Å². The lowest BCUT2D eigenvalue weighted by atomic mass is 10.3. The monoisotopic (exact) mass is 297 g/mol. The predicted molar refractivity (Wildman–Crippen MR) is 73.8 cm³/mol. The first-order valence-electron chi connectivity index (χ1n) is 6.61. The van der Waals surface area contributed by atoms with E-state index >= 15 is 0 Å². The summed E-state index contributed by atoms with van der Waals surface area (Å²) in [6.45, 7) is 2.12. The zero-order valence-corrected chi connectivity index (χ0v) is 12.0. The molecule has 1 aromatic rings. The van der Waals surface area contributed by atoms with E-state index in [-0.39, 0.29) is 17.8 Å². The van der Waals surface area contributed by atoms with E-state index in [0.29, 0.717) is 6.54 Å². The molecule has 1 amide bonds. The predicted octanol–water partition coefficient (Wildman–Crippen LogP) is -0.693. The van der Waals surface area contributed by atoms with Crippen molar-refractivity contribution in [2.75, 3.05) is 13.7 Å². The Kier molecular flexibility index (Phi) is 6.54. The lowest BCUT2D eigenvalue weighted by Crippen LogP contribution is -2.38. The molecule has 0 aliphatic rings. The average Bonchev–Trinajstić information content (AvgIpc) is 2.50. The van der Waals surface area contributed by atoms with Crippen LogP contribution in [0.3, 0.4) is 0 Å². The van der Waals surface area contributed by atoms with Crippen molar-refractivity contribution in [3.05, 3.63) is 28.2 Å². The summed E-state index contributed by atoms with van der Waals surface area (Å²) in [5, 5.41) is 15.7. The van der Waals surface area contributed by atoms with Gasteiger partial charge in [-0.1, -0.05) is 13.3 Å². The standard InChI is InChI=1S/C13H19N3O5/c1-3-4-7-16-11(18)6-5-9(15-16)12(19)14-8-10(17)13(20)21-2/h5-6,10,17H,3-4,7-8H2,1-2H3,(H,14,19). The molecular weight excluding hydrogens is 278 g/mol. The minimum absolute atomic E-state index is 0.0442. The maximum absolute atomic E-state index is 11.8. The highest BCUT2D eigenvalue weighted by Crippen LogP contribution is 1.95. The first-order valence-corrected chi connectivity index (χ1v) is 6.61. The minimum atomic E-state index is -1.44. The van der Waals surface area contributed by atoms with Crippen molar-refractivity contribution in [3.63, 3.8) is 0 Å². The van der Waals surface area contributed by atoms with Crippen molar-refractivity contribution in [1.82, 2.24) is 15.1 Å². The molecular formula is C13H19N3O5. The van der Waals surface area contributed by atoms with Crippen molar-refractivity contribution in [2.45, 2.75) is 32.4 Å². The molecule has 0 saturated carbocycles. The molecule has 2 N–H and O–H groups in total. The topological polar surface area (TPSA) is 111 Å². The number of aliphatic hydroxyl groups is 1. The summed E-state index contributed by atoms with van der Waals surface area (Å²) < 4.78 is 5.55. The smallest absolute Gasteiger partial charge is 0.336 e. The molecule has 0 bridgehead atoms. The number of esters is 1. The van der Waals surface area contributed by atoms with Crippen LogP contribution in [0.25, 0.3) is 0 Å². The molecule has 1 aromatic heterocycles. The Labute approximate surface area is 121 Å². The van der Waals surface area contributed by atoms with E-state index < -0.39 is 18.0 Å². The Bertz CT molecular complexity index is 555. The van der Waals surface area contributed by atoms with E-state index in [1.807, 2.05) is 6.92 Å². The molecule has 1 rings (SSSR count). The van der Waals surface area contributed by atoms with E-state index in [9.17, 15) is 19.5 Å². The van der Waals surface area contributed by atoms with Gasteiger partial charge in [0.25, 0.3) is 11.5 Å². The lowest BCUT2D eigenvalue weighted by Gasteiger charge is -2.10. The summed E-state index contributed by atoms with van der Waals surface area (Å²) in [6, 6.07) is 2.55. The molecule has 0 spiro atoms. The number of carbonyl (C=O) groups excluding carboxylic acids is 2. The summed E-state index contributed by atoms with van der Waals surface area (Å²) in [5.74, 6) is -1.42. The van der Waals surface area contributed by atoms with Crippen molar-refractivity contribution in [3.8, 4) is 0 Å². The van der Waals surface area contributed by atoms with Crippen molar-refractivity contribution >= 4 is 11.9 Å². The van der Waals surface area contributed by atoms with Crippen LogP contribution in [0.1, 0.15) is 30.3 Å². The quantitative estimate of drug-likeness (QED) is 0.644. The second kappa shape index (κ2) is 8.15. The van der Waals surface area contributed by atoms with Crippen LogP contribution in [0.15, 0.2) is 16.9 Å². The molecule has 116 valence electrons. The van der Waals surface area contributed by atoms with Gasteiger partial charge in [0.2, 0.25) is 0 Å². The van der Waals surface area contributed by atoms with Gasteiger partial charge in [-0.05, 0) is 12.5 Å². The van der Waals surface area contributed by atoms with Crippen LogP contribution < -0.4 is 10.9 Å². The van der Waals surface area contributed by atoms with Crippen LogP contribution in [-0.2, 0) is 16.1 Å². The number of aryl methyl sites for hydroxylation is 1. The highest BCUT2D eigenvalue weighted by Gasteiger charge is 2.17. The van der Waals surface area contributed by atoms with Gasteiger partial charge in [0.1, 0.15) is 5.69 Å². The lowest BCUT2D eigenvalue weighted by molar-refractivity contribution is -0.149. The van der Waals surface area contributed by atoms with Gasteiger partial charge in [-0.25, -0.2) is 9.48 Å². The van der Waals surface area contributed by atoms with Crippen molar-refractivity contribution in [1.29, 1.82) is 0 Å². The number of aliphatic hydroxyl groups excluding tert-OH is 1. The summed E-state index contributed by atoms with van der Waals surface area (Å²) in [4.78, 5) is 34.4. The molecule has 1 unspecified atom stereocenters. The summed E-state index contributed by atoms with van der Waals surface area (Å²) in [7, 11) is 1.14. The summed E-state index contributed by atoms with van der Waals surface area (Å²) >= 11 is 0. The van der Waals surface area contributed by atoms with Crippen LogP contribution in [0.4, 0.5) is 0 Å². The SMILES string of the molecule is CCCCn1nc(C(=O)NCC(O)C(=O)OC)ccc1=O. The van der Waals surface area contributed by atoms with E-state index in [1.165, 1.54) is 16.8 Å². The average molecular weight is 297 g/mol. The molecule has 8 heteroatoms. The number of hydrogen-bond acceptors (Lipinski definition) is 6. The maximum atomic E-state index is 11.8. The highest BCUT2D eigenvalue weighted by atomic mass is 16.5. The number of rotatable bonds is 7. The third-order valence-electron chi connectivity index (χ3n) is 2.75. The Morgan fingerprint density at radius 2 is 2.19 bits per heavy atom. The number of ether oxygens (including phenoxy) is 1. The third kappa shape index (κ3) is 4.99. The van der Waals surface area contributed by atoms with E-state index in [4.69, 9.17) is 0 Å². The Hall–Kier alpha value is -2.22. The molecule has 0 aromatic carbocycles. The zero-order valence-electron chi connectivity index (χ0n) is 12.0. The van der Waals surface area contributed by atoms with Gasteiger partial charge in [0.05, 0.1) is 13.7 Å². The molecule has 21 heavy (non-hydrogen) atoms. The van der Waals surface area contributed by atoms with Crippen LogP contribution in [0.5, 0.6) is 0 Å². The number of amides is 1. The van der Waals surface area contributed by atoms with Gasteiger partial charge in [-0.15, -0.1) is 0 Å². The van der Waals surface area contributed by atoms with E-state index in [0.717, 1.165) is 20.0 Å². The first-order chi connectivity index (χ1) is 9.99. The maximum Gasteiger partial charge on any atom is 0.336 e. The van der Waals surface area contributed by atoms with Gasteiger partial charge < -0.3 is 15.2 Å². The molecule has 1 atom stereocenters. The normalized spacial score (nSPS) is 11.8. The van der Waals surface area contributed by atoms with Crippen LogP contribution in [0, 0.1) is 0 Å². The molecule has 0 saturated heterocycles. The number of unbranched alkanes of at least 4 members (excludes halogenated alkanes) is 1. The van der Waals surface area contributed by atoms with Gasteiger partial charge in [0, 0.05) is 12.6 Å². The number of carbonyl (C=O) groups is 2. The third-order valence-corrected chi connectivity index (χ3v) is 2.75. The highest BCUT2D eigenvalue weighted by molar-refractivity contribution is 5.92. The van der Waals surface area contributed by atoms with Gasteiger partial charge >= 0.3 is 5.97 Å². The van der Waals surface area contributed by atoms with Crippen LogP contribution >= 0.6 is 0 Å². The number of aromatic nitrogens is 2. The Balaban J connectivity index is 2.70. The summed E-state index contributed by atoms with van der Waals surface area (Å²) in [5.41, 5.74) is -0.239. The van der Waals surface area contributed by atoms with Gasteiger partial charge in [0.15, 0.2) is 6.10 Å². The Morgan fingerprint density at radius 1 is 1.48 bits per heavy atom. The molecule has 0 aliphatic carbocycles. The van der Waals surface area contributed by atoms with Crippen molar-refractivity contribution < 1.29 is 19.4 Å². The van der Waals surface area contributed by atoms with E-state index in [2.05, 4.69) is 15.2 Å². The second-order valence-electron chi connectivity index (χ2n) is 4.38. The largest absolute Gasteiger partial charge is 0.467 e. The van der Waals surface area contributed by atoms with Crippen molar-refractivity contribution in [2.24, 2.45) is 0 Å². The number of methoxy groups -OCH3 is 1.